The Bertz CT molecular complexity index is 228. The molecular weight excluding hydrogens is 182 g/mol. The van der Waals surface area contributed by atoms with E-state index >= 15 is 0 Å². The number of ether oxygens (including phenoxy) is 1. The fourth-order valence-electron chi connectivity index (χ4n) is 1.60. The van der Waals surface area contributed by atoms with Crippen LogP contribution in [0.25, 0.3) is 0 Å². The maximum absolute atomic E-state index is 11.4. The number of hydrogen-bond acceptors (Lipinski definition) is 3. The van der Waals surface area contributed by atoms with Crippen LogP contribution in [0.1, 0.15) is 32.6 Å². The zero-order chi connectivity index (χ0) is 10.6. The van der Waals surface area contributed by atoms with Gasteiger partial charge < -0.3 is 10.1 Å². The molecule has 1 aliphatic carbocycles. The minimum Gasteiger partial charge on any atom is -0.378 e. The molecule has 0 bridgehead atoms. The zero-order valence-corrected chi connectivity index (χ0v) is 8.76. The number of hydrogen-bond donors (Lipinski definition) is 1. The fourth-order valence-corrected chi connectivity index (χ4v) is 1.60. The summed E-state index contributed by atoms with van der Waals surface area (Å²) in [7, 11) is 1.64. The van der Waals surface area contributed by atoms with Gasteiger partial charge in [0.2, 0.25) is 5.91 Å². The second-order valence-corrected chi connectivity index (χ2v) is 3.90. The van der Waals surface area contributed by atoms with Crippen LogP contribution in [0, 0.1) is 0 Å². The summed E-state index contributed by atoms with van der Waals surface area (Å²) >= 11 is 0. The van der Waals surface area contributed by atoms with Crippen molar-refractivity contribution < 1.29 is 14.3 Å². The summed E-state index contributed by atoms with van der Waals surface area (Å²) in [6.45, 7) is 1.58. The van der Waals surface area contributed by atoms with E-state index < -0.39 is 0 Å². The molecule has 0 aliphatic heterocycles. The molecule has 0 saturated heterocycles. The third kappa shape index (κ3) is 2.80. The van der Waals surface area contributed by atoms with Crippen LogP contribution in [0.3, 0.4) is 0 Å². The summed E-state index contributed by atoms with van der Waals surface area (Å²) < 4.78 is 5.31. The van der Waals surface area contributed by atoms with Gasteiger partial charge in [-0.05, 0) is 26.2 Å². The summed E-state index contributed by atoms with van der Waals surface area (Å²) in [4.78, 5) is 22.0. The minimum atomic E-state index is -0.249. The molecule has 0 aromatic heterocycles. The average molecular weight is 199 g/mol. The van der Waals surface area contributed by atoms with Crippen molar-refractivity contribution in [2.75, 3.05) is 13.7 Å². The predicted molar refractivity (Wildman–Crippen MR) is 51.9 cm³/mol. The SMILES string of the molecule is COC1(CC(=O)NCC(C)=O)CCC1. The van der Waals surface area contributed by atoms with E-state index in [0.29, 0.717) is 6.42 Å². The molecule has 1 fully saturated rings. The molecule has 1 saturated carbocycles. The summed E-state index contributed by atoms with van der Waals surface area (Å²) in [6.07, 6.45) is 3.37. The highest BCUT2D eigenvalue weighted by atomic mass is 16.5. The average Bonchev–Trinajstić information content (AvgIpc) is 2.08. The molecular formula is C10H17NO3. The monoisotopic (exact) mass is 199 g/mol. The van der Waals surface area contributed by atoms with Crippen molar-refractivity contribution in [3.8, 4) is 0 Å². The number of methoxy groups -OCH3 is 1. The number of amides is 1. The van der Waals surface area contributed by atoms with E-state index in [2.05, 4.69) is 5.32 Å². The van der Waals surface area contributed by atoms with E-state index in [1.807, 2.05) is 0 Å². The Labute approximate surface area is 84.0 Å². The van der Waals surface area contributed by atoms with Crippen molar-refractivity contribution in [3.05, 3.63) is 0 Å². The number of nitrogens with one attached hydrogen (secondary N) is 1. The largest absolute Gasteiger partial charge is 0.378 e. The lowest BCUT2D eigenvalue weighted by Gasteiger charge is -2.39. The third-order valence-corrected chi connectivity index (χ3v) is 2.72. The Morgan fingerprint density at radius 3 is 2.43 bits per heavy atom. The topological polar surface area (TPSA) is 55.4 Å². The first kappa shape index (κ1) is 11.2. The quantitative estimate of drug-likeness (QED) is 0.707. The first-order chi connectivity index (χ1) is 6.58. The maximum atomic E-state index is 11.4. The van der Waals surface area contributed by atoms with Gasteiger partial charge in [0, 0.05) is 7.11 Å². The number of ketones is 1. The fraction of sp³-hybridized carbons (Fsp3) is 0.800. The van der Waals surface area contributed by atoms with Crippen molar-refractivity contribution in [2.45, 2.75) is 38.2 Å². The molecule has 0 spiro atoms. The van der Waals surface area contributed by atoms with Gasteiger partial charge >= 0.3 is 0 Å². The second kappa shape index (κ2) is 4.55. The third-order valence-electron chi connectivity index (χ3n) is 2.72. The van der Waals surface area contributed by atoms with Crippen molar-refractivity contribution >= 4 is 11.7 Å². The molecule has 1 N–H and O–H groups in total. The number of rotatable bonds is 5. The van der Waals surface area contributed by atoms with E-state index in [4.69, 9.17) is 4.74 Å². The summed E-state index contributed by atoms with van der Waals surface area (Å²) in [6, 6.07) is 0. The molecule has 4 heteroatoms. The lowest BCUT2D eigenvalue weighted by molar-refractivity contribution is -0.135. The molecule has 14 heavy (non-hydrogen) atoms. The van der Waals surface area contributed by atoms with E-state index in [-0.39, 0.29) is 23.8 Å². The van der Waals surface area contributed by atoms with Crippen molar-refractivity contribution in [1.82, 2.24) is 5.32 Å². The molecule has 4 nitrogen and oxygen atoms in total. The Morgan fingerprint density at radius 2 is 2.07 bits per heavy atom. The molecule has 0 unspecified atom stereocenters. The van der Waals surface area contributed by atoms with Gasteiger partial charge in [-0.15, -0.1) is 0 Å². The predicted octanol–water partition coefficient (Wildman–Crippen LogP) is 0.651. The van der Waals surface area contributed by atoms with E-state index in [0.717, 1.165) is 19.3 Å². The van der Waals surface area contributed by atoms with Crippen LogP contribution in [0.4, 0.5) is 0 Å². The molecule has 0 atom stereocenters. The van der Waals surface area contributed by atoms with E-state index in [1.165, 1.54) is 6.92 Å². The van der Waals surface area contributed by atoms with E-state index in [9.17, 15) is 9.59 Å². The maximum Gasteiger partial charge on any atom is 0.223 e. The Morgan fingerprint density at radius 1 is 1.43 bits per heavy atom. The summed E-state index contributed by atoms with van der Waals surface area (Å²) in [5.41, 5.74) is -0.249. The smallest absolute Gasteiger partial charge is 0.223 e. The van der Waals surface area contributed by atoms with E-state index in [1.54, 1.807) is 7.11 Å². The summed E-state index contributed by atoms with van der Waals surface area (Å²) in [5, 5.41) is 2.57. The second-order valence-electron chi connectivity index (χ2n) is 3.90. The molecule has 1 rings (SSSR count). The molecule has 80 valence electrons. The normalized spacial score (nSPS) is 18.4. The van der Waals surface area contributed by atoms with Gasteiger partial charge in [0.15, 0.2) is 0 Å². The summed E-state index contributed by atoms with van der Waals surface area (Å²) in [5.74, 6) is -0.125. The van der Waals surface area contributed by atoms with Crippen LogP contribution >= 0.6 is 0 Å². The highest BCUT2D eigenvalue weighted by Crippen LogP contribution is 2.37. The standard InChI is InChI=1S/C10H17NO3/c1-8(12)7-11-9(13)6-10(14-2)4-3-5-10/h3-7H2,1-2H3,(H,11,13). The van der Waals surface area contributed by atoms with Gasteiger partial charge in [0.1, 0.15) is 5.78 Å². The van der Waals surface area contributed by atoms with Crippen LogP contribution < -0.4 is 5.32 Å². The van der Waals surface area contributed by atoms with Crippen LogP contribution in [-0.2, 0) is 14.3 Å². The Balaban J connectivity index is 2.28. The number of Topliss-reactive ketones (excluding diaryl/α,β-unsaturated/α-hetero) is 1. The highest BCUT2D eigenvalue weighted by Gasteiger charge is 2.38. The number of carbonyl (C=O) groups excluding carboxylic acids is 2. The van der Waals surface area contributed by atoms with Crippen molar-refractivity contribution in [1.29, 1.82) is 0 Å². The van der Waals surface area contributed by atoms with Crippen LogP contribution in [-0.4, -0.2) is 30.9 Å². The van der Waals surface area contributed by atoms with Gasteiger partial charge in [-0.3, -0.25) is 9.59 Å². The molecule has 0 aromatic rings. The van der Waals surface area contributed by atoms with Gasteiger partial charge in [0.25, 0.3) is 0 Å². The molecule has 1 amide bonds. The van der Waals surface area contributed by atoms with Gasteiger partial charge in [0.05, 0.1) is 18.6 Å². The lowest BCUT2D eigenvalue weighted by Crippen LogP contribution is -2.44. The highest BCUT2D eigenvalue weighted by molar-refractivity contribution is 5.84. The van der Waals surface area contributed by atoms with Crippen molar-refractivity contribution in [2.24, 2.45) is 0 Å². The van der Waals surface area contributed by atoms with Crippen LogP contribution in [0.2, 0.25) is 0 Å². The first-order valence-electron chi connectivity index (χ1n) is 4.89. The molecule has 1 aliphatic rings. The van der Waals surface area contributed by atoms with Crippen LogP contribution in [0.15, 0.2) is 0 Å². The van der Waals surface area contributed by atoms with Gasteiger partial charge in [-0.2, -0.15) is 0 Å². The molecule has 0 heterocycles. The minimum absolute atomic E-state index is 0.0292. The Hall–Kier alpha value is -0.900. The molecule has 0 aromatic carbocycles. The Kier molecular flexibility index (Phi) is 3.63. The lowest BCUT2D eigenvalue weighted by atomic mass is 9.77. The van der Waals surface area contributed by atoms with Crippen LogP contribution in [0.5, 0.6) is 0 Å². The van der Waals surface area contributed by atoms with Gasteiger partial charge in [-0.1, -0.05) is 0 Å². The number of carbonyl (C=O) groups is 2. The zero-order valence-electron chi connectivity index (χ0n) is 8.76. The first-order valence-corrected chi connectivity index (χ1v) is 4.89. The molecule has 0 radical (unpaired) electrons. The van der Waals surface area contributed by atoms with Gasteiger partial charge in [-0.25, -0.2) is 0 Å². The van der Waals surface area contributed by atoms with Crippen molar-refractivity contribution in [3.63, 3.8) is 0 Å².